The van der Waals surface area contributed by atoms with Crippen LogP contribution in [0.2, 0.25) is 0 Å². The lowest BCUT2D eigenvalue weighted by atomic mass is 9.82. The summed E-state index contributed by atoms with van der Waals surface area (Å²) in [5.41, 5.74) is 0. The van der Waals surface area contributed by atoms with E-state index in [4.69, 9.17) is 0 Å². The second-order valence-electron chi connectivity index (χ2n) is 3.62. The molecule has 0 aromatic carbocycles. The highest BCUT2D eigenvalue weighted by atomic mass is 16.1. The molecule has 0 radical (unpaired) electrons. The zero-order chi connectivity index (χ0) is 8.85. The van der Waals surface area contributed by atoms with Gasteiger partial charge in [-0.15, -0.1) is 0 Å². The summed E-state index contributed by atoms with van der Waals surface area (Å²) in [6.45, 7) is 8.86. The largest absolute Gasteiger partial charge is 0.303 e. The molecule has 0 fully saturated rings. The van der Waals surface area contributed by atoms with Gasteiger partial charge in [0.05, 0.1) is 0 Å². The van der Waals surface area contributed by atoms with E-state index in [1.807, 2.05) is 0 Å². The third-order valence-electron chi connectivity index (χ3n) is 2.91. The first-order valence-electron chi connectivity index (χ1n) is 4.57. The van der Waals surface area contributed by atoms with Gasteiger partial charge < -0.3 is 4.79 Å². The molecule has 0 unspecified atom stereocenters. The summed E-state index contributed by atoms with van der Waals surface area (Å²) in [7, 11) is 0. The minimum Gasteiger partial charge on any atom is -0.303 e. The molecule has 0 rings (SSSR count). The van der Waals surface area contributed by atoms with E-state index in [-0.39, 0.29) is 0 Å². The molecule has 0 heterocycles. The molecule has 0 aliphatic carbocycles. The topological polar surface area (TPSA) is 17.1 Å². The molecule has 0 aliphatic rings. The van der Waals surface area contributed by atoms with E-state index < -0.39 is 0 Å². The van der Waals surface area contributed by atoms with Gasteiger partial charge in [0.25, 0.3) is 0 Å². The Labute approximate surface area is 70.2 Å². The quantitative estimate of drug-likeness (QED) is 0.559. The molecule has 1 heteroatoms. The molecular weight excluding hydrogens is 136 g/mol. The first-order valence-corrected chi connectivity index (χ1v) is 4.57. The highest BCUT2D eigenvalue weighted by Gasteiger charge is 2.16. The highest BCUT2D eigenvalue weighted by Crippen LogP contribution is 2.24. The number of hydrogen-bond acceptors (Lipinski definition) is 1. The summed E-state index contributed by atoms with van der Waals surface area (Å²) < 4.78 is 0. The normalized spacial score (nSPS) is 18.9. The Morgan fingerprint density at radius 1 is 1.18 bits per heavy atom. The van der Waals surface area contributed by atoms with Gasteiger partial charge in [0, 0.05) is 6.42 Å². The fraction of sp³-hybridized carbons (Fsp3) is 0.900. The van der Waals surface area contributed by atoms with E-state index in [9.17, 15) is 4.79 Å². The van der Waals surface area contributed by atoms with E-state index >= 15 is 0 Å². The number of carbonyl (C=O) groups is 1. The molecule has 0 saturated carbocycles. The standard InChI is InChI=1S/C10H20O/c1-5-8(2)10(4)9(3)6-7-11/h7-10H,5-6H2,1-4H3/t8-,9+,10-/m0/s1. The molecule has 0 bridgehead atoms. The van der Waals surface area contributed by atoms with Crippen LogP contribution in [0.4, 0.5) is 0 Å². The van der Waals surface area contributed by atoms with E-state index in [1.54, 1.807) is 0 Å². The maximum atomic E-state index is 10.2. The predicted octanol–water partition coefficient (Wildman–Crippen LogP) is 2.89. The van der Waals surface area contributed by atoms with Crippen LogP contribution in [0.5, 0.6) is 0 Å². The van der Waals surface area contributed by atoms with Gasteiger partial charge in [0.15, 0.2) is 0 Å². The van der Waals surface area contributed by atoms with Gasteiger partial charge in [-0.2, -0.15) is 0 Å². The van der Waals surface area contributed by atoms with E-state index in [0.29, 0.717) is 18.3 Å². The first-order chi connectivity index (χ1) is 5.13. The molecule has 11 heavy (non-hydrogen) atoms. The molecule has 0 aromatic heterocycles. The lowest BCUT2D eigenvalue weighted by Crippen LogP contribution is -2.16. The van der Waals surface area contributed by atoms with E-state index in [0.717, 1.165) is 12.2 Å². The Morgan fingerprint density at radius 2 is 1.73 bits per heavy atom. The van der Waals surface area contributed by atoms with Crippen molar-refractivity contribution in [2.24, 2.45) is 17.8 Å². The Morgan fingerprint density at radius 3 is 2.09 bits per heavy atom. The van der Waals surface area contributed by atoms with Crippen LogP contribution in [-0.4, -0.2) is 6.29 Å². The summed E-state index contributed by atoms with van der Waals surface area (Å²) >= 11 is 0. The van der Waals surface area contributed by atoms with Crippen molar-refractivity contribution in [2.75, 3.05) is 0 Å². The van der Waals surface area contributed by atoms with Crippen molar-refractivity contribution in [1.82, 2.24) is 0 Å². The molecule has 0 saturated heterocycles. The van der Waals surface area contributed by atoms with Crippen LogP contribution in [0, 0.1) is 17.8 Å². The SMILES string of the molecule is CC[C@H](C)[C@H](C)[C@H](C)CC=O. The van der Waals surface area contributed by atoms with Gasteiger partial charge in [-0.25, -0.2) is 0 Å². The number of rotatable bonds is 5. The van der Waals surface area contributed by atoms with Crippen LogP contribution in [0.1, 0.15) is 40.5 Å². The zero-order valence-electron chi connectivity index (χ0n) is 8.13. The summed E-state index contributed by atoms with van der Waals surface area (Å²) in [5.74, 6) is 1.96. The van der Waals surface area contributed by atoms with Crippen molar-refractivity contribution in [3.8, 4) is 0 Å². The number of carbonyl (C=O) groups excluding carboxylic acids is 1. The Hall–Kier alpha value is -0.330. The lowest BCUT2D eigenvalue weighted by Gasteiger charge is -2.23. The van der Waals surface area contributed by atoms with Crippen molar-refractivity contribution in [3.05, 3.63) is 0 Å². The van der Waals surface area contributed by atoms with Crippen molar-refractivity contribution in [3.63, 3.8) is 0 Å². The fourth-order valence-corrected chi connectivity index (χ4v) is 1.30. The molecule has 3 atom stereocenters. The second-order valence-corrected chi connectivity index (χ2v) is 3.62. The molecule has 0 spiro atoms. The first kappa shape index (κ1) is 10.7. The molecule has 66 valence electrons. The highest BCUT2D eigenvalue weighted by molar-refractivity contribution is 5.49. The molecule has 0 N–H and O–H groups in total. The Bertz CT molecular complexity index is 109. The maximum Gasteiger partial charge on any atom is 0.120 e. The van der Waals surface area contributed by atoms with E-state index in [2.05, 4.69) is 27.7 Å². The summed E-state index contributed by atoms with van der Waals surface area (Å²) in [5, 5.41) is 0. The van der Waals surface area contributed by atoms with Crippen LogP contribution < -0.4 is 0 Å². The Balaban J connectivity index is 3.79. The van der Waals surface area contributed by atoms with Crippen LogP contribution in [0.15, 0.2) is 0 Å². The van der Waals surface area contributed by atoms with Crippen LogP contribution >= 0.6 is 0 Å². The average Bonchev–Trinajstić information content (AvgIpc) is 2.02. The molecular formula is C10H20O. The smallest absolute Gasteiger partial charge is 0.120 e. The van der Waals surface area contributed by atoms with Gasteiger partial charge in [0.1, 0.15) is 6.29 Å². The van der Waals surface area contributed by atoms with Gasteiger partial charge in [-0.05, 0) is 17.8 Å². The van der Waals surface area contributed by atoms with Crippen LogP contribution in [-0.2, 0) is 4.79 Å². The van der Waals surface area contributed by atoms with Gasteiger partial charge in [-0.3, -0.25) is 0 Å². The summed E-state index contributed by atoms with van der Waals surface area (Å²) in [4.78, 5) is 10.2. The van der Waals surface area contributed by atoms with E-state index in [1.165, 1.54) is 6.42 Å². The predicted molar refractivity (Wildman–Crippen MR) is 48.5 cm³/mol. The van der Waals surface area contributed by atoms with Gasteiger partial charge >= 0.3 is 0 Å². The minimum atomic E-state index is 0.544. The third kappa shape index (κ3) is 3.54. The second kappa shape index (κ2) is 5.34. The monoisotopic (exact) mass is 156 g/mol. The average molecular weight is 156 g/mol. The molecule has 1 nitrogen and oxygen atoms in total. The molecule has 0 amide bonds. The van der Waals surface area contributed by atoms with Crippen molar-refractivity contribution in [2.45, 2.75) is 40.5 Å². The lowest BCUT2D eigenvalue weighted by molar-refractivity contribution is -0.108. The van der Waals surface area contributed by atoms with Crippen LogP contribution in [0.3, 0.4) is 0 Å². The van der Waals surface area contributed by atoms with Gasteiger partial charge in [-0.1, -0.05) is 34.1 Å². The summed E-state index contributed by atoms with van der Waals surface area (Å²) in [6.07, 6.45) is 2.96. The molecule has 0 aliphatic heterocycles. The number of aldehydes is 1. The maximum absolute atomic E-state index is 10.2. The molecule has 0 aromatic rings. The fourth-order valence-electron chi connectivity index (χ4n) is 1.30. The third-order valence-corrected chi connectivity index (χ3v) is 2.91. The minimum absolute atomic E-state index is 0.544. The van der Waals surface area contributed by atoms with Crippen molar-refractivity contribution >= 4 is 6.29 Å². The summed E-state index contributed by atoms with van der Waals surface area (Å²) in [6, 6.07) is 0. The van der Waals surface area contributed by atoms with Crippen molar-refractivity contribution < 1.29 is 4.79 Å². The van der Waals surface area contributed by atoms with Gasteiger partial charge in [0.2, 0.25) is 0 Å². The number of hydrogen-bond donors (Lipinski definition) is 0. The van der Waals surface area contributed by atoms with Crippen molar-refractivity contribution in [1.29, 1.82) is 0 Å². The van der Waals surface area contributed by atoms with Crippen LogP contribution in [0.25, 0.3) is 0 Å². The Kier molecular flexibility index (Phi) is 5.18. The zero-order valence-corrected chi connectivity index (χ0v) is 8.13.